The lowest BCUT2D eigenvalue weighted by molar-refractivity contribution is 0.0696. The zero-order chi connectivity index (χ0) is 11.4. The molecule has 0 atom stereocenters. The first-order chi connectivity index (χ1) is 7.04. The summed E-state index contributed by atoms with van der Waals surface area (Å²) in [6, 6.07) is 4.34. The van der Waals surface area contributed by atoms with Crippen LogP contribution < -0.4 is 10.6 Å². The number of urea groups is 1. The number of hydrogen-bond donors (Lipinski definition) is 3. The Balaban J connectivity index is 2.97. The molecule has 0 unspecified atom stereocenters. The highest BCUT2D eigenvalue weighted by molar-refractivity contribution is 5.94. The first-order valence-corrected chi connectivity index (χ1v) is 4.37. The molecular weight excluding hydrogens is 196 g/mol. The Labute approximate surface area is 87.1 Å². The van der Waals surface area contributed by atoms with E-state index in [4.69, 9.17) is 5.11 Å². The average molecular weight is 208 g/mol. The van der Waals surface area contributed by atoms with Gasteiger partial charge in [0.15, 0.2) is 0 Å². The van der Waals surface area contributed by atoms with E-state index in [0.29, 0.717) is 11.3 Å². The number of amides is 2. The number of anilines is 1. The largest absolute Gasteiger partial charge is 0.478 e. The molecule has 1 aromatic carbocycles. The third-order valence-corrected chi connectivity index (χ3v) is 1.95. The molecule has 0 saturated carbocycles. The fourth-order valence-electron chi connectivity index (χ4n) is 1.12. The van der Waals surface area contributed by atoms with Crippen LogP contribution in [0, 0.1) is 6.92 Å². The van der Waals surface area contributed by atoms with Gasteiger partial charge in [0.05, 0.1) is 5.56 Å². The summed E-state index contributed by atoms with van der Waals surface area (Å²) in [5, 5.41) is 13.7. The molecule has 0 fully saturated rings. The molecule has 0 spiro atoms. The van der Waals surface area contributed by atoms with Gasteiger partial charge in [0, 0.05) is 12.7 Å². The van der Waals surface area contributed by atoms with Gasteiger partial charge in [0.1, 0.15) is 0 Å². The molecule has 0 saturated heterocycles. The molecular formula is C10H12N2O3. The van der Waals surface area contributed by atoms with Crippen molar-refractivity contribution in [3.63, 3.8) is 0 Å². The zero-order valence-electron chi connectivity index (χ0n) is 8.50. The quantitative estimate of drug-likeness (QED) is 0.688. The first kappa shape index (κ1) is 11.0. The van der Waals surface area contributed by atoms with Gasteiger partial charge in [-0.15, -0.1) is 0 Å². The van der Waals surface area contributed by atoms with Crippen LogP contribution in [0.25, 0.3) is 0 Å². The molecule has 5 nitrogen and oxygen atoms in total. The Morgan fingerprint density at radius 3 is 2.53 bits per heavy atom. The average Bonchev–Trinajstić information content (AvgIpc) is 2.20. The second-order valence-corrected chi connectivity index (χ2v) is 3.04. The molecule has 1 aromatic rings. The fraction of sp³-hybridized carbons (Fsp3) is 0.200. The van der Waals surface area contributed by atoms with Crippen molar-refractivity contribution in [2.24, 2.45) is 0 Å². The van der Waals surface area contributed by atoms with Gasteiger partial charge in [0.2, 0.25) is 0 Å². The third kappa shape index (κ3) is 2.70. The van der Waals surface area contributed by atoms with Gasteiger partial charge in [-0.1, -0.05) is 6.07 Å². The second-order valence-electron chi connectivity index (χ2n) is 3.04. The van der Waals surface area contributed by atoms with Crippen molar-refractivity contribution in [3.05, 3.63) is 29.3 Å². The predicted molar refractivity (Wildman–Crippen MR) is 56.2 cm³/mol. The van der Waals surface area contributed by atoms with Crippen LogP contribution in [0.3, 0.4) is 0 Å². The van der Waals surface area contributed by atoms with Gasteiger partial charge in [0.25, 0.3) is 0 Å². The number of rotatable bonds is 2. The SMILES string of the molecule is CNC(=O)Nc1ccc(C)c(C(=O)O)c1. The molecule has 5 heteroatoms. The van der Waals surface area contributed by atoms with Crippen LogP contribution in [0.4, 0.5) is 10.5 Å². The van der Waals surface area contributed by atoms with Crippen molar-refractivity contribution in [2.45, 2.75) is 6.92 Å². The van der Waals surface area contributed by atoms with Crippen molar-refractivity contribution in [1.82, 2.24) is 5.32 Å². The van der Waals surface area contributed by atoms with Crippen LogP contribution in [-0.4, -0.2) is 24.2 Å². The normalized spacial score (nSPS) is 9.47. The number of nitrogens with one attached hydrogen (secondary N) is 2. The van der Waals surface area contributed by atoms with E-state index >= 15 is 0 Å². The highest BCUT2D eigenvalue weighted by Gasteiger charge is 2.08. The molecule has 1 rings (SSSR count). The molecule has 0 aliphatic carbocycles. The number of hydrogen-bond acceptors (Lipinski definition) is 2. The van der Waals surface area contributed by atoms with E-state index in [1.165, 1.54) is 13.1 Å². The van der Waals surface area contributed by atoms with Gasteiger partial charge in [-0.05, 0) is 24.6 Å². The lowest BCUT2D eigenvalue weighted by Gasteiger charge is -2.06. The van der Waals surface area contributed by atoms with Crippen molar-refractivity contribution >= 4 is 17.7 Å². The summed E-state index contributed by atoms with van der Waals surface area (Å²) in [4.78, 5) is 21.8. The predicted octanol–water partition coefficient (Wildman–Crippen LogP) is 1.44. The number of carbonyl (C=O) groups excluding carboxylic acids is 1. The van der Waals surface area contributed by atoms with Gasteiger partial charge in [-0.2, -0.15) is 0 Å². The van der Waals surface area contributed by atoms with Crippen LogP contribution in [0.1, 0.15) is 15.9 Å². The number of carboxylic acids is 1. The highest BCUT2D eigenvalue weighted by atomic mass is 16.4. The lowest BCUT2D eigenvalue weighted by Crippen LogP contribution is -2.24. The van der Waals surface area contributed by atoms with E-state index < -0.39 is 5.97 Å². The summed E-state index contributed by atoms with van der Waals surface area (Å²) < 4.78 is 0. The number of carbonyl (C=O) groups is 2. The van der Waals surface area contributed by atoms with Crippen LogP contribution >= 0.6 is 0 Å². The van der Waals surface area contributed by atoms with Crippen molar-refractivity contribution in [1.29, 1.82) is 0 Å². The maximum atomic E-state index is 11.0. The third-order valence-electron chi connectivity index (χ3n) is 1.95. The van der Waals surface area contributed by atoms with Crippen LogP contribution in [-0.2, 0) is 0 Å². The number of benzene rings is 1. The topological polar surface area (TPSA) is 78.4 Å². The molecule has 0 bridgehead atoms. The standard InChI is InChI=1S/C10H12N2O3/c1-6-3-4-7(12-10(15)11-2)5-8(6)9(13)14/h3-5H,1-2H3,(H,13,14)(H2,11,12,15). The van der Waals surface area contributed by atoms with Crippen molar-refractivity contribution in [2.75, 3.05) is 12.4 Å². The maximum Gasteiger partial charge on any atom is 0.336 e. The van der Waals surface area contributed by atoms with Crippen LogP contribution in [0.5, 0.6) is 0 Å². The number of aromatic carboxylic acids is 1. The summed E-state index contributed by atoms with van der Waals surface area (Å²) >= 11 is 0. The number of carboxylic acid groups (broad SMARTS) is 1. The molecule has 0 radical (unpaired) electrons. The molecule has 0 aromatic heterocycles. The lowest BCUT2D eigenvalue weighted by atomic mass is 10.1. The summed E-state index contributed by atoms with van der Waals surface area (Å²) in [6.45, 7) is 1.70. The highest BCUT2D eigenvalue weighted by Crippen LogP contribution is 2.15. The summed E-state index contributed by atoms with van der Waals surface area (Å²) in [5.74, 6) is -1.01. The van der Waals surface area contributed by atoms with Gasteiger partial charge < -0.3 is 15.7 Å². The summed E-state index contributed by atoms with van der Waals surface area (Å²) in [6.07, 6.45) is 0. The minimum absolute atomic E-state index is 0.184. The maximum absolute atomic E-state index is 11.0. The Kier molecular flexibility index (Phi) is 3.28. The van der Waals surface area contributed by atoms with Gasteiger partial charge >= 0.3 is 12.0 Å². The molecule has 0 heterocycles. The summed E-state index contributed by atoms with van der Waals surface area (Å²) in [7, 11) is 1.49. The minimum atomic E-state index is -1.01. The molecule has 0 aliphatic rings. The van der Waals surface area contributed by atoms with E-state index in [2.05, 4.69) is 10.6 Å². The Bertz CT molecular complexity index is 402. The molecule has 80 valence electrons. The monoisotopic (exact) mass is 208 g/mol. The van der Waals surface area contributed by atoms with Crippen molar-refractivity contribution < 1.29 is 14.7 Å². The second kappa shape index (κ2) is 4.45. The molecule has 15 heavy (non-hydrogen) atoms. The smallest absolute Gasteiger partial charge is 0.336 e. The zero-order valence-corrected chi connectivity index (χ0v) is 8.50. The van der Waals surface area contributed by atoms with Gasteiger partial charge in [-0.3, -0.25) is 0 Å². The van der Waals surface area contributed by atoms with Crippen LogP contribution in [0.15, 0.2) is 18.2 Å². The first-order valence-electron chi connectivity index (χ1n) is 4.37. The summed E-state index contributed by atoms with van der Waals surface area (Å²) in [5.41, 5.74) is 1.30. The Morgan fingerprint density at radius 1 is 1.33 bits per heavy atom. The Hall–Kier alpha value is -2.04. The van der Waals surface area contributed by atoms with E-state index in [9.17, 15) is 9.59 Å². The van der Waals surface area contributed by atoms with E-state index in [-0.39, 0.29) is 11.6 Å². The minimum Gasteiger partial charge on any atom is -0.478 e. The van der Waals surface area contributed by atoms with E-state index in [1.807, 2.05) is 0 Å². The van der Waals surface area contributed by atoms with Crippen molar-refractivity contribution in [3.8, 4) is 0 Å². The van der Waals surface area contributed by atoms with Gasteiger partial charge in [-0.25, -0.2) is 9.59 Å². The van der Waals surface area contributed by atoms with E-state index in [1.54, 1.807) is 19.1 Å². The molecule has 0 aliphatic heterocycles. The fourth-order valence-corrected chi connectivity index (χ4v) is 1.12. The molecule has 3 N–H and O–H groups in total. The molecule has 2 amide bonds. The van der Waals surface area contributed by atoms with Crippen LogP contribution in [0.2, 0.25) is 0 Å². The van der Waals surface area contributed by atoms with E-state index in [0.717, 1.165) is 0 Å². The Morgan fingerprint density at radius 2 is 2.00 bits per heavy atom. The number of aryl methyl sites for hydroxylation is 1.